The third-order valence-corrected chi connectivity index (χ3v) is 4.31. The summed E-state index contributed by atoms with van der Waals surface area (Å²) in [6, 6.07) is 12.1. The van der Waals surface area contributed by atoms with E-state index in [1.165, 1.54) is 9.75 Å². The highest BCUT2D eigenvalue weighted by atomic mass is 32.1. The maximum atomic E-state index is 12.0. The Morgan fingerprint density at radius 3 is 2.62 bits per heavy atom. The Morgan fingerprint density at radius 2 is 1.95 bits per heavy atom. The number of hydrogen-bond donors (Lipinski definition) is 2. The molecule has 1 amide bonds. The van der Waals surface area contributed by atoms with Crippen LogP contribution in [0.1, 0.15) is 40.9 Å². The topological polar surface area (TPSA) is 41.1 Å². The Morgan fingerprint density at radius 1 is 1.19 bits per heavy atom. The predicted molar refractivity (Wildman–Crippen MR) is 90.1 cm³/mol. The van der Waals surface area contributed by atoms with Gasteiger partial charge in [0.2, 0.25) is 0 Å². The monoisotopic (exact) mass is 302 g/mol. The second-order valence-corrected chi connectivity index (χ2v) is 6.54. The summed E-state index contributed by atoms with van der Waals surface area (Å²) >= 11 is 1.83. The van der Waals surface area contributed by atoms with Crippen LogP contribution in [-0.4, -0.2) is 11.9 Å². The lowest BCUT2D eigenvalue weighted by atomic mass is 10.1. The molecule has 0 radical (unpaired) electrons. The zero-order valence-electron chi connectivity index (χ0n) is 12.8. The Kier molecular flexibility index (Phi) is 5.39. The number of carbonyl (C=O) groups is 1. The number of thiophene rings is 1. The van der Waals surface area contributed by atoms with E-state index in [1.807, 2.05) is 49.4 Å². The highest BCUT2D eigenvalue weighted by Crippen LogP contribution is 2.19. The van der Waals surface area contributed by atoms with E-state index in [4.69, 9.17) is 0 Å². The van der Waals surface area contributed by atoms with Crippen molar-refractivity contribution in [2.24, 2.45) is 0 Å². The Balaban J connectivity index is 1.99. The van der Waals surface area contributed by atoms with Gasteiger partial charge in [0.15, 0.2) is 0 Å². The van der Waals surface area contributed by atoms with Gasteiger partial charge in [0, 0.05) is 33.6 Å². The van der Waals surface area contributed by atoms with E-state index in [0.717, 1.165) is 18.7 Å². The van der Waals surface area contributed by atoms with Gasteiger partial charge in [-0.3, -0.25) is 4.79 Å². The van der Waals surface area contributed by atoms with Gasteiger partial charge >= 0.3 is 0 Å². The second kappa shape index (κ2) is 7.27. The Bertz CT molecular complexity index is 604. The van der Waals surface area contributed by atoms with E-state index >= 15 is 0 Å². The van der Waals surface area contributed by atoms with E-state index < -0.39 is 0 Å². The fraction of sp³-hybridized carbons (Fsp3) is 0.353. The molecule has 0 bridgehead atoms. The van der Waals surface area contributed by atoms with Crippen molar-refractivity contribution in [1.29, 1.82) is 0 Å². The largest absolute Gasteiger partial charge is 0.380 e. The average molecular weight is 302 g/mol. The molecule has 2 aromatic rings. The van der Waals surface area contributed by atoms with Gasteiger partial charge in [-0.2, -0.15) is 0 Å². The Hall–Kier alpha value is -1.81. The number of nitrogens with one attached hydrogen (secondary N) is 2. The summed E-state index contributed by atoms with van der Waals surface area (Å²) in [5.74, 6) is -0.0296. The van der Waals surface area contributed by atoms with E-state index in [1.54, 1.807) is 0 Å². The van der Waals surface area contributed by atoms with Crippen molar-refractivity contribution >= 4 is 22.9 Å². The number of anilines is 1. The lowest BCUT2D eigenvalue weighted by Crippen LogP contribution is -2.30. The minimum absolute atomic E-state index is 0.0296. The van der Waals surface area contributed by atoms with Gasteiger partial charge in [-0.05, 0) is 50.6 Å². The normalized spacial score (nSPS) is 10.7. The van der Waals surface area contributed by atoms with Crippen LogP contribution < -0.4 is 10.6 Å². The maximum absolute atomic E-state index is 12.0. The molecular weight excluding hydrogens is 280 g/mol. The van der Waals surface area contributed by atoms with Gasteiger partial charge in [-0.1, -0.05) is 13.0 Å². The highest BCUT2D eigenvalue weighted by Gasteiger charge is 2.07. The van der Waals surface area contributed by atoms with Crippen LogP contribution in [0.3, 0.4) is 0 Å². The molecule has 0 aliphatic carbocycles. The average Bonchev–Trinajstić information content (AvgIpc) is 2.93. The van der Waals surface area contributed by atoms with Crippen molar-refractivity contribution in [3.05, 3.63) is 51.7 Å². The molecule has 0 aliphatic rings. The van der Waals surface area contributed by atoms with Crippen molar-refractivity contribution < 1.29 is 4.79 Å². The molecule has 21 heavy (non-hydrogen) atoms. The first kappa shape index (κ1) is 15.6. The van der Waals surface area contributed by atoms with Crippen LogP contribution in [0.15, 0.2) is 36.4 Å². The van der Waals surface area contributed by atoms with Gasteiger partial charge in [0.1, 0.15) is 0 Å². The van der Waals surface area contributed by atoms with E-state index in [2.05, 4.69) is 29.7 Å². The molecular formula is C17H22N2OS. The van der Waals surface area contributed by atoms with E-state index in [9.17, 15) is 4.79 Å². The van der Waals surface area contributed by atoms with Crippen molar-refractivity contribution in [2.45, 2.75) is 39.8 Å². The summed E-state index contributed by atoms with van der Waals surface area (Å²) < 4.78 is 0. The SMILES string of the molecule is CCc1ccc(CNc2cccc(C(=O)NC(C)C)c2)s1. The standard InChI is InChI=1S/C17H22N2OS/c1-4-15-8-9-16(21-15)11-18-14-7-5-6-13(10-14)17(20)19-12(2)3/h5-10,12,18H,4,11H2,1-3H3,(H,19,20). The first-order chi connectivity index (χ1) is 10.1. The van der Waals surface area contributed by atoms with Crippen LogP contribution in [0.4, 0.5) is 5.69 Å². The molecule has 0 unspecified atom stereocenters. The van der Waals surface area contributed by atoms with Crippen molar-refractivity contribution in [1.82, 2.24) is 5.32 Å². The molecule has 0 atom stereocenters. The fourth-order valence-corrected chi connectivity index (χ4v) is 2.91. The zero-order chi connectivity index (χ0) is 15.2. The Labute approximate surface area is 130 Å². The predicted octanol–water partition coefficient (Wildman–Crippen LogP) is 4.06. The highest BCUT2D eigenvalue weighted by molar-refractivity contribution is 7.12. The number of amides is 1. The van der Waals surface area contributed by atoms with E-state index in [0.29, 0.717) is 5.56 Å². The van der Waals surface area contributed by atoms with Crippen LogP contribution in [0, 0.1) is 0 Å². The molecule has 2 N–H and O–H groups in total. The van der Waals surface area contributed by atoms with E-state index in [-0.39, 0.29) is 11.9 Å². The van der Waals surface area contributed by atoms with Gasteiger partial charge < -0.3 is 10.6 Å². The zero-order valence-corrected chi connectivity index (χ0v) is 13.6. The van der Waals surface area contributed by atoms with Gasteiger partial charge in [-0.25, -0.2) is 0 Å². The molecule has 3 nitrogen and oxygen atoms in total. The van der Waals surface area contributed by atoms with Crippen LogP contribution in [-0.2, 0) is 13.0 Å². The molecule has 0 spiro atoms. The summed E-state index contributed by atoms with van der Waals surface area (Å²) in [5.41, 5.74) is 1.66. The van der Waals surface area contributed by atoms with Crippen molar-refractivity contribution in [3.63, 3.8) is 0 Å². The van der Waals surface area contributed by atoms with Crippen molar-refractivity contribution in [2.75, 3.05) is 5.32 Å². The second-order valence-electron chi connectivity index (χ2n) is 5.28. The summed E-state index contributed by atoms with van der Waals surface area (Å²) in [6.07, 6.45) is 1.08. The molecule has 1 aromatic heterocycles. The molecule has 0 saturated carbocycles. The number of rotatable bonds is 6. The summed E-state index contributed by atoms with van der Waals surface area (Å²) in [6.45, 7) is 6.88. The number of hydrogen-bond acceptors (Lipinski definition) is 3. The minimum Gasteiger partial charge on any atom is -0.380 e. The van der Waals surface area contributed by atoms with Crippen LogP contribution in [0.5, 0.6) is 0 Å². The molecule has 0 fully saturated rings. The first-order valence-electron chi connectivity index (χ1n) is 7.31. The number of benzene rings is 1. The molecule has 2 rings (SSSR count). The number of carbonyl (C=O) groups excluding carboxylic acids is 1. The van der Waals surface area contributed by atoms with Crippen LogP contribution in [0.25, 0.3) is 0 Å². The number of aryl methyl sites for hydroxylation is 1. The van der Waals surface area contributed by atoms with Gasteiger partial charge in [0.25, 0.3) is 5.91 Å². The lowest BCUT2D eigenvalue weighted by molar-refractivity contribution is 0.0943. The molecule has 0 saturated heterocycles. The van der Waals surface area contributed by atoms with Crippen molar-refractivity contribution in [3.8, 4) is 0 Å². The quantitative estimate of drug-likeness (QED) is 0.845. The summed E-state index contributed by atoms with van der Waals surface area (Å²) in [4.78, 5) is 14.7. The fourth-order valence-electron chi connectivity index (χ4n) is 2.01. The van der Waals surface area contributed by atoms with Gasteiger partial charge in [-0.15, -0.1) is 11.3 Å². The molecule has 112 valence electrons. The first-order valence-corrected chi connectivity index (χ1v) is 8.12. The maximum Gasteiger partial charge on any atom is 0.251 e. The molecule has 4 heteroatoms. The smallest absolute Gasteiger partial charge is 0.251 e. The molecule has 0 aliphatic heterocycles. The third-order valence-electron chi connectivity index (χ3n) is 3.08. The molecule has 1 aromatic carbocycles. The third kappa shape index (κ3) is 4.60. The summed E-state index contributed by atoms with van der Waals surface area (Å²) in [7, 11) is 0. The van der Waals surface area contributed by atoms with Gasteiger partial charge in [0.05, 0.1) is 0 Å². The van der Waals surface area contributed by atoms with Crippen LogP contribution in [0.2, 0.25) is 0 Å². The van der Waals surface area contributed by atoms with Crippen LogP contribution >= 0.6 is 11.3 Å². The lowest BCUT2D eigenvalue weighted by Gasteiger charge is -2.10. The molecule has 1 heterocycles. The summed E-state index contributed by atoms with van der Waals surface area (Å²) in [5, 5.41) is 6.28. The minimum atomic E-state index is -0.0296.